The number of anilines is 2. The van der Waals surface area contributed by atoms with Crippen molar-refractivity contribution in [2.24, 2.45) is 34.5 Å². The van der Waals surface area contributed by atoms with Gasteiger partial charge in [0.05, 0.1) is 28.2 Å². The molecule has 65 heavy (non-hydrogen) atoms. The van der Waals surface area contributed by atoms with Gasteiger partial charge >= 0.3 is 11.9 Å². The molecule has 0 unspecified atom stereocenters. The smallest absolute Gasteiger partial charge is 0.350 e. The Morgan fingerprint density at radius 3 is 1.35 bits per heavy atom. The van der Waals surface area contributed by atoms with Gasteiger partial charge in [-0.1, -0.05) is 37.5 Å². The first-order valence-electron chi connectivity index (χ1n) is 23.5. The topological polar surface area (TPSA) is 145 Å². The molecule has 2 aromatic heterocycles. The molecule has 2 saturated carbocycles. The normalized spacial score (nSPS) is 23.4. The Balaban J connectivity index is 0.000000244. The summed E-state index contributed by atoms with van der Waals surface area (Å²) >= 11 is 2.30. The molecular formula is C51H70N4O8S2. The van der Waals surface area contributed by atoms with Crippen LogP contribution in [0, 0.1) is 58.2 Å². The van der Waals surface area contributed by atoms with Gasteiger partial charge in [-0.3, -0.25) is 29.0 Å². The number of carboxylic acid groups (broad SMARTS) is 1. The number of nitrogens with zero attached hydrogens (tertiary/aromatic N) is 4. The highest BCUT2D eigenvalue weighted by molar-refractivity contribution is 7.15. The van der Waals surface area contributed by atoms with Crippen LogP contribution in [0.4, 0.5) is 11.4 Å². The van der Waals surface area contributed by atoms with E-state index >= 15 is 0 Å². The average Bonchev–Trinajstić information content (AvgIpc) is 4.05. The van der Waals surface area contributed by atoms with Crippen molar-refractivity contribution in [3.63, 3.8) is 0 Å². The number of amides is 4. The van der Waals surface area contributed by atoms with Crippen molar-refractivity contribution in [2.75, 3.05) is 43.1 Å². The number of thiophene rings is 2. The third-order valence-electron chi connectivity index (χ3n) is 12.8. The summed E-state index contributed by atoms with van der Waals surface area (Å²) in [4.78, 5) is 87.1. The van der Waals surface area contributed by atoms with Crippen molar-refractivity contribution in [1.82, 2.24) is 9.80 Å². The molecule has 14 heteroatoms. The van der Waals surface area contributed by atoms with E-state index < -0.39 is 24.0 Å². The van der Waals surface area contributed by atoms with E-state index in [4.69, 9.17) is 4.74 Å². The minimum Gasteiger partial charge on any atom is -0.477 e. The zero-order valence-electron chi connectivity index (χ0n) is 40.4. The zero-order valence-corrected chi connectivity index (χ0v) is 42.1. The highest BCUT2D eigenvalue weighted by atomic mass is 32.1. The molecule has 4 heterocycles. The SMILES string of the molecule is CCN1CC[C@H](N(C(=O)C2CCC(C)CC2)c2cc(C#CC(C)(C)C)sc2C(=O)O)C1=O.CCN1CC[C@H](N(C(=O)C2CCC(C)CC2)c2cc(C#CC(C)(C)C)sc2C(=O)OC)C1=O. The first-order chi connectivity index (χ1) is 30.6. The van der Waals surface area contributed by atoms with Crippen LogP contribution < -0.4 is 9.80 Å². The van der Waals surface area contributed by atoms with Gasteiger partial charge < -0.3 is 19.6 Å². The number of ether oxygens (including phenoxy) is 1. The second-order valence-corrected chi connectivity index (χ2v) is 22.3. The Hall–Kier alpha value is -4.66. The molecular weight excluding hydrogens is 861 g/mol. The van der Waals surface area contributed by atoms with Crippen LogP contribution >= 0.6 is 22.7 Å². The average molecular weight is 931 g/mol. The van der Waals surface area contributed by atoms with Gasteiger partial charge in [0.1, 0.15) is 21.8 Å². The number of likely N-dealkylation sites (tertiary alicyclic amines) is 2. The molecule has 2 aliphatic carbocycles. The molecule has 4 fully saturated rings. The lowest BCUT2D eigenvalue weighted by molar-refractivity contribution is -0.132. The number of methoxy groups -OCH3 is 1. The standard InChI is InChI=1S/C26H36N2O4S.C25H34N2O4S/c1-7-27-15-13-20(24(27)30)28(23(29)18-10-8-17(2)9-11-18)21-16-19(12-14-26(3,4)5)33-22(21)25(31)32-6;1-6-26-14-12-19(23(26)29)27(22(28)17-9-7-16(2)8-10-17)20-15-18(11-13-25(3,4)5)32-21(20)24(30)31/h16-18,20H,7-11,13,15H2,1-6H3;15-17,19H,6-10,12,14H2,1-5H3,(H,30,31)/t17?,18?,20-;16?,17?,19-/m00/s1. The molecule has 6 rings (SSSR count). The van der Waals surface area contributed by atoms with Gasteiger partial charge in [-0.2, -0.15) is 0 Å². The number of hydrogen-bond acceptors (Lipinski definition) is 9. The Morgan fingerprint density at radius 2 is 1.03 bits per heavy atom. The fraction of sp³-hybridized carbons (Fsp3) is 0.647. The predicted octanol–water partition coefficient (Wildman–Crippen LogP) is 9.34. The minimum atomic E-state index is -1.10. The van der Waals surface area contributed by atoms with Crippen molar-refractivity contribution in [3.8, 4) is 23.7 Å². The van der Waals surface area contributed by atoms with E-state index in [1.807, 2.05) is 55.4 Å². The van der Waals surface area contributed by atoms with Gasteiger partial charge in [0.25, 0.3) is 0 Å². The lowest BCUT2D eigenvalue weighted by atomic mass is 9.82. The second kappa shape index (κ2) is 21.8. The molecule has 354 valence electrons. The summed E-state index contributed by atoms with van der Waals surface area (Å²) in [6.07, 6.45) is 8.19. The number of carbonyl (C=O) groups excluding carboxylic acids is 5. The fourth-order valence-corrected chi connectivity index (χ4v) is 10.7. The van der Waals surface area contributed by atoms with Gasteiger partial charge in [-0.05, 0) is 144 Å². The number of carboxylic acids is 1. The molecule has 0 bridgehead atoms. The van der Waals surface area contributed by atoms with Gasteiger partial charge in [0, 0.05) is 48.8 Å². The maximum absolute atomic E-state index is 13.9. The van der Waals surface area contributed by atoms with E-state index in [1.54, 1.807) is 26.8 Å². The minimum absolute atomic E-state index is 0.0561. The van der Waals surface area contributed by atoms with E-state index in [9.17, 15) is 33.9 Å². The molecule has 2 aromatic rings. The van der Waals surface area contributed by atoms with E-state index in [1.165, 1.54) is 23.3 Å². The summed E-state index contributed by atoms with van der Waals surface area (Å²) in [5, 5.41) is 9.92. The Morgan fingerprint density at radius 1 is 0.662 bits per heavy atom. The van der Waals surface area contributed by atoms with E-state index in [0.29, 0.717) is 76.9 Å². The number of likely N-dealkylation sites (N-methyl/N-ethyl adjacent to an activating group) is 2. The fourth-order valence-electron chi connectivity index (χ4n) is 8.97. The second-order valence-electron chi connectivity index (χ2n) is 20.2. The van der Waals surface area contributed by atoms with Crippen molar-refractivity contribution in [2.45, 2.75) is 146 Å². The van der Waals surface area contributed by atoms with Crippen LogP contribution in [-0.4, -0.2) is 95.8 Å². The van der Waals surface area contributed by atoms with Crippen LogP contribution in [0.1, 0.15) is 163 Å². The molecule has 12 nitrogen and oxygen atoms in total. The number of esters is 1. The Bertz CT molecular complexity index is 2210. The lowest BCUT2D eigenvalue weighted by Gasteiger charge is -2.34. The third kappa shape index (κ3) is 12.8. The van der Waals surface area contributed by atoms with E-state index in [2.05, 4.69) is 37.5 Å². The van der Waals surface area contributed by atoms with E-state index in [0.717, 1.165) is 62.7 Å². The van der Waals surface area contributed by atoms with Gasteiger partial charge in [-0.15, -0.1) is 22.7 Å². The van der Waals surface area contributed by atoms with Crippen molar-refractivity contribution >= 4 is 69.6 Å². The summed E-state index contributed by atoms with van der Waals surface area (Å²) in [6, 6.07) is 2.23. The number of hydrogen-bond donors (Lipinski definition) is 1. The summed E-state index contributed by atoms with van der Waals surface area (Å²) in [7, 11) is 1.33. The molecule has 4 aliphatic rings. The molecule has 2 atom stereocenters. The van der Waals surface area contributed by atoms with E-state index in [-0.39, 0.29) is 51.2 Å². The van der Waals surface area contributed by atoms with Crippen LogP contribution in [0.25, 0.3) is 0 Å². The van der Waals surface area contributed by atoms with Crippen molar-refractivity contribution in [1.29, 1.82) is 0 Å². The van der Waals surface area contributed by atoms with Gasteiger partial charge in [0.2, 0.25) is 23.6 Å². The predicted molar refractivity (Wildman–Crippen MR) is 258 cm³/mol. The molecule has 2 saturated heterocycles. The molecule has 0 radical (unpaired) electrons. The van der Waals surface area contributed by atoms with Crippen LogP contribution in [-0.2, 0) is 23.9 Å². The summed E-state index contributed by atoms with van der Waals surface area (Å²) in [5.74, 6) is 11.5. The maximum Gasteiger partial charge on any atom is 0.350 e. The summed E-state index contributed by atoms with van der Waals surface area (Å²) in [5.41, 5.74) is 0.350. The number of rotatable bonds is 10. The van der Waals surface area contributed by atoms with Crippen molar-refractivity contribution in [3.05, 3.63) is 31.6 Å². The lowest BCUT2D eigenvalue weighted by Crippen LogP contribution is -2.48. The summed E-state index contributed by atoms with van der Waals surface area (Å²) in [6.45, 7) is 22.7. The first kappa shape index (κ1) is 51.3. The van der Waals surface area contributed by atoms with Gasteiger partial charge in [-0.25, -0.2) is 9.59 Å². The molecule has 1 N–H and O–H groups in total. The van der Waals surface area contributed by atoms with Crippen LogP contribution in [0.15, 0.2) is 12.1 Å². The zero-order chi connectivity index (χ0) is 48.0. The molecule has 0 spiro atoms. The number of carbonyl (C=O) groups is 6. The highest BCUT2D eigenvalue weighted by Crippen LogP contribution is 2.40. The van der Waals surface area contributed by atoms with Crippen LogP contribution in [0.5, 0.6) is 0 Å². The first-order valence-corrected chi connectivity index (χ1v) is 25.1. The van der Waals surface area contributed by atoms with Crippen LogP contribution in [0.2, 0.25) is 0 Å². The quantitative estimate of drug-likeness (QED) is 0.183. The highest BCUT2D eigenvalue weighted by Gasteiger charge is 2.44. The maximum atomic E-state index is 13.9. The van der Waals surface area contributed by atoms with Crippen molar-refractivity contribution < 1.29 is 38.6 Å². The molecule has 4 amide bonds. The largest absolute Gasteiger partial charge is 0.477 e. The number of aromatic carboxylic acids is 1. The molecule has 0 aromatic carbocycles. The Kier molecular flexibility index (Phi) is 17.2. The van der Waals surface area contributed by atoms with Gasteiger partial charge in [0.15, 0.2) is 0 Å². The Labute approximate surface area is 394 Å². The molecule has 2 aliphatic heterocycles. The van der Waals surface area contributed by atoms with Crippen LogP contribution in [0.3, 0.4) is 0 Å². The monoisotopic (exact) mass is 930 g/mol. The summed E-state index contributed by atoms with van der Waals surface area (Å²) < 4.78 is 5.05. The third-order valence-corrected chi connectivity index (χ3v) is 14.8.